The number of nitrogens with zero attached hydrogens (tertiary/aromatic N) is 2. The number of Topliss-reactive ketones (excluding diaryl/α,β-unsaturated/α-hetero) is 1. The van der Waals surface area contributed by atoms with Crippen LogP contribution in [0.25, 0.3) is 0 Å². The van der Waals surface area contributed by atoms with Gasteiger partial charge in [-0.25, -0.2) is 8.42 Å². The van der Waals surface area contributed by atoms with Crippen LogP contribution in [0.3, 0.4) is 0 Å². The normalized spacial score (nSPS) is 11.9. The van der Waals surface area contributed by atoms with Gasteiger partial charge in [0, 0.05) is 18.7 Å². The molecule has 2 rings (SSSR count). The smallest absolute Gasteiger partial charge is 0.244 e. The summed E-state index contributed by atoms with van der Waals surface area (Å²) in [6.07, 6.45) is 2.08. The monoisotopic (exact) mass is 517 g/mol. The van der Waals surface area contributed by atoms with Gasteiger partial charge in [-0.15, -0.1) is 0 Å². The van der Waals surface area contributed by atoms with Crippen molar-refractivity contribution in [3.8, 4) is 5.75 Å². The van der Waals surface area contributed by atoms with E-state index in [0.29, 0.717) is 24.3 Å². The summed E-state index contributed by atoms with van der Waals surface area (Å²) in [5, 5.41) is 2.84. The summed E-state index contributed by atoms with van der Waals surface area (Å²) >= 11 is 0. The Morgan fingerprint density at radius 2 is 1.72 bits per heavy atom. The highest BCUT2D eigenvalue weighted by atomic mass is 32.2. The van der Waals surface area contributed by atoms with Crippen molar-refractivity contribution >= 4 is 33.3 Å². The van der Waals surface area contributed by atoms with Crippen molar-refractivity contribution in [1.82, 2.24) is 10.2 Å². The van der Waals surface area contributed by atoms with Gasteiger partial charge in [0.2, 0.25) is 21.8 Å². The number of anilines is 1. The Kier molecular flexibility index (Phi) is 10.5. The van der Waals surface area contributed by atoms with E-state index in [-0.39, 0.29) is 23.9 Å². The first-order chi connectivity index (χ1) is 17.0. The number of benzene rings is 2. The van der Waals surface area contributed by atoms with Gasteiger partial charge in [-0.1, -0.05) is 38.1 Å². The Morgan fingerprint density at radius 1 is 1.06 bits per heavy atom. The van der Waals surface area contributed by atoms with Gasteiger partial charge in [0.25, 0.3) is 0 Å². The van der Waals surface area contributed by atoms with E-state index in [2.05, 4.69) is 5.32 Å². The molecule has 1 N–H and O–H groups in total. The van der Waals surface area contributed by atoms with Gasteiger partial charge in [-0.2, -0.15) is 0 Å². The van der Waals surface area contributed by atoms with Crippen LogP contribution in [0.4, 0.5) is 5.69 Å². The first-order valence-corrected chi connectivity index (χ1v) is 13.6. The molecule has 9 nitrogen and oxygen atoms in total. The van der Waals surface area contributed by atoms with Crippen LogP contribution in [0, 0.1) is 0 Å². The SMILES string of the molecule is CCCNC(=O)[C@H](CC)N(Cc1ccc(OC)cc1)C(=O)CN(c1cccc(C(C)=O)c1)S(C)(=O)=O. The van der Waals surface area contributed by atoms with Gasteiger partial charge in [-0.05, 0) is 49.6 Å². The Labute approximate surface area is 213 Å². The quantitative estimate of drug-likeness (QED) is 0.409. The molecule has 0 aliphatic heterocycles. The molecule has 10 heteroatoms. The molecule has 0 bridgehead atoms. The zero-order valence-electron chi connectivity index (χ0n) is 21.5. The Bertz CT molecular complexity index is 1160. The number of ether oxygens (including phenoxy) is 1. The minimum Gasteiger partial charge on any atom is -0.497 e. The van der Waals surface area contributed by atoms with E-state index in [0.717, 1.165) is 22.5 Å². The molecule has 196 valence electrons. The molecule has 0 unspecified atom stereocenters. The summed E-state index contributed by atoms with van der Waals surface area (Å²) in [6, 6.07) is 12.4. The fourth-order valence-electron chi connectivity index (χ4n) is 3.71. The standard InChI is InChI=1S/C26H35N3O6S/c1-6-15-27-26(32)24(7-2)28(17-20-11-13-23(35-4)14-12-20)25(31)18-29(36(5,33)34)22-10-8-9-21(16-22)19(3)30/h8-14,16,24H,6-7,15,17-18H2,1-5H3,(H,27,32)/t24-/m0/s1. The maximum Gasteiger partial charge on any atom is 0.244 e. The highest BCUT2D eigenvalue weighted by Crippen LogP contribution is 2.22. The van der Waals surface area contributed by atoms with Crippen molar-refractivity contribution in [2.75, 3.05) is 30.8 Å². The minimum absolute atomic E-state index is 0.103. The largest absolute Gasteiger partial charge is 0.497 e. The van der Waals surface area contributed by atoms with E-state index in [9.17, 15) is 22.8 Å². The Hall–Kier alpha value is -3.40. The van der Waals surface area contributed by atoms with Gasteiger partial charge >= 0.3 is 0 Å². The molecule has 2 aromatic carbocycles. The van der Waals surface area contributed by atoms with E-state index in [1.807, 2.05) is 6.92 Å². The first kappa shape index (κ1) is 28.8. The predicted octanol–water partition coefficient (Wildman–Crippen LogP) is 3.00. The average Bonchev–Trinajstić information content (AvgIpc) is 2.85. The molecule has 0 saturated carbocycles. The highest BCUT2D eigenvalue weighted by molar-refractivity contribution is 7.92. The molecule has 0 spiro atoms. The summed E-state index contributed by atoms with van der Waals surface area (Å²) in [7, 11) is -2.33. The maximum absolute atomic E-state index is 13.6. The molecule has 0 fully saturated rings. The molecule has 0 radical (unpaired) electrons. The third-order valence-electron chi connectivity index (χ3n) is 5.67. The predicted molar refractivity (Wildman–Crippen MR) is 140 cm³/mol. The number of sulfonamides is 1. The van der Waals surface area contributed by atoms with Gasteiger partial charge in [0.1, 0.15) is 18.3 Å². The molecular weight excluding hydrogens is 482 g/mol. The summed E-state index contributed by atoms with van der Waals surface area (Å²) in [4.78, 5) is 39.8. The summed E-state index contributed by atoms with van der Waals surface area (Å²) in [5.41, 5.74) is 1.29. The number of amides is 2. The molecule has 0 aliphatic carbocycles. The van der Waals surface area contributed by atoms with E-state index >= 15 is 0 Å². The van der Waals surface area contributed by atoms with Crippen LogP contribution in [0.2, 0.25) is 0 Å². The highest BCUT2D eigenvalue weighted by Gasteiger charge is 2.31. The number of ketones is 1. The van der Waals surface area contributed by atoms with Gasteiger partial charge < -0.3 is 15.0 Å². The Balaban J connectivity index is 2.45. The topological polar surface area (TPSA) is 113 Å². The molecule has 1 atom stereocenters. The fourth-order valence-corrected chi connectivity index (χ4v) is 4.55. The molecule has 0 saturated heterocycles. The first-order valence-electron chi connectivity index (χ1n) is 11.8. The summed E-state index contributed by atoms with van der Waals surface area (Å²) in [5.74, 6) is -0.414. The number of methoxy groups -OCH3 is 1. The molecule has 0 heterocycles. The number of rotatable bonds is 13. The number of carbonyl (C=O) groups excluding carboxylic acids is 3. The second-order valence-electron chi connectivity index (χ2n) is 8.46. The van der Waals surface area contributed by atoms with Crippen LogP contribution >= 0.6 is 0 Å². The summed E-state index contributed by atoms with van der Waals surface area (Å²) in [6.45, 7) is 5.16. The molecule has 0 aromatic heterocycles. The van der Waals surface area contributed by atoms with Crippen LogP contribution in [-0.4, -0.2) is 63.4 Å². The average molecular weight is 518 g/mol. The molecule has 2 amide bonds. The fraction of sp³-hybridized carbons (Fsp3) is 0.423. The number of hydrogen-bond acceptors (Lipinski definition) is 6. The van der Waals surface area contributed by atoms with Gasteiger partial charge in [-0.3, -0.25) is 18.7 Å². The lowest BCUT2D eigenvalue weighted by molar-refractivity contribution is -0.140. The van der Waals surface area contributed by atoms with Crippen molar-refractivity contribution in [2.24, 2.45) is 0 Å². The number of nitrogens with one attached hydrogen (secondary N) is 1. The molecule has 0 aliphatic rings. The molecule has 36 heavy (non-hydrogen) atoms. The van der Waals surface area contributed by atoms with Crippen LogP contribution in [0.1, 0.15) is 49.5 Å². The molecular formula is C26H35N3O6S. The Morgan fingerprint density at radius 3 is 2.25 bits per heavy atom. The van der Waals surface area contributed by atoms with Crippen LogP contribution in [0.15, 0.2) is 48.5 Å². The lowest BCUT2D eigenvalue weighted by Gasteiger charge is -2.33. The van der Waals surface area contributed by atoms with Crippen molar-refractivity contribution in [3.05, 3.63) is 59.7 Å². The molecule has 2 aromatic rings. The number of carbonyl (C=O) groups is 3. The van der Waals surface area contributed by atoms with Gasteiger partial charge in [0.05, 0.1) is 19.1 Å². The third-order valence-corrected chi connectivity index (χ3v) is 6.81. The van der Waals surface area contributed by atoms with E-state index < -0.39 is 28.5 Å². The zero-order chi connectivity index (χ0) is 26.9. The minimum atomic E-state index is -3.88. The number of hydrogen-bond donors (Lipinski definition) is 1. The van der Waals surface area contributed by atoms with Crippen molar-refractivity contribution in [1.29, 1.82) is 0 Å². The van der Waals surface area contributed by atoms with Crippen LogP contribution in [0.5, 0.6) is 5.75 Å². The second-order valence-corrected chi connectivity index (χ2v) is 10.4. The van der Waals surface area contributed by atoms with E-state index in [4.69, 9.17) is 4.74 Å². The van der Waals surface area contributed by atoms with Crippen molar-refractivity contribution in [3.63, 3.8) is 0 Å². The summed E-state index contributed by atoms with van der Waals surface area (Å²) < 4.78 is 31.5. The third kappa shape index (κ3) is 7.81. The second kappa shape index (κ2) is 13.1. The van der Waals surface area contributed by atoms with Gasteiger partial charge in [0.15, 0.2) is 5.78 Å². The van der Waals surface area contributed by atoms with E-state index in [1.165, 1.54) is 24.0 Å². The van der Waals surface area contributed by atoms with Crippen molar-refractivity contribution < 1.29 is 27.5 Å². The van der Waals surface area contributed by atoms with Crippen LogP contribution < -0.4 is 14.4 Å². The maximum atomic E-state index is 13.6. The van der Waals surface area contributed by atoms with Crippen LogP contribution in [-0.2, 0) is 26.2 Å². The van der Waals surface area contributed by atoms with Crippen molar-refractivity contribution in [2.45, 2.75) is 46.2 Å². The van der Waals surface area contributed by atoms with E-state index in [1.54, 1.807) is 50.4 Å². The zero-order valence-corrected chi connectivity index (χ0v) is 22.3. The lowest BCUT2D eigenvalue weighted by atomic mass is 10.1. The lowest BCUT2D eigenvalue weighted by Crippen LogP contribution is -2.52.